The van der Waals surface area contributed by atoms with Gasteiger partial charge in [-0.3, -0.25) is 15.1 Å². The first-order valence-electron chi connectivity index (χ1n) is 6.53. The zero-order chi connectivity index (χ0) is 14.3. The number of rotatable bonds is 3. The lowest BCUT2D eigenvalue weighted by Gasteiger charge is -2.33. The summed E-state index contributed by atoms with van der Waals surface area (Å²) in [6.07, 6.45) is 1.17. The minimum atomic E-state index is -0.407. The molecule has 0 spiro atoms. The smallest absolute Gasteiger partial charge is 0.270 e. The van der Waals surface area contributed by atoms with E-state index in [0.29, 0.717) is 12.8 Å². The minimum absolute atomic E-state index is 0.0554. The second-order valence-electron chi connectivity index (χ2n) is 5.24. The molecule has 2 aromatic rings. The van der Waals surface area contributed by atoms with E-state index < -0.39 is 4.92 Å². The number of non-ortho nitro benzene ring substituents is 1. The van der Waals surface area contributed by atoms with Crippen LogP contribution in [0.3, 0.4) is 0 Å². The Kier molecular flexibility index (Phi) is 3.02. The van der Waals surface area contributed by atoms with Gasteiger partial charge in [0.05, 0.1) is 16.5 Å². The lowest BCUT2D eigenvalue weighted by Crippen LogP contribution is -2.39. The van der Waals surface area contributed by atoms with Crippen molar-refractivity contribution in [3.8, 4) is 0 Å². The normalized spacial score (nSPS) is 21.5. The lowest BCUT2D eigenvalue weighted by atomic mass is 9.89. The molecule has 3 rings (SSSR count). The molecule has 0 radical (unpaired) electrons. The monoisotopic (exact) mass is 273 g/mol. The van der Waals surface area contributed by atoms with Crippen molar-refractivity contribution < 1.29 is 10.0 Å². The molecule has 1 saturated carbocycles. The standard InChI is InChI=1S/C14H15N3O3/c1-8-4-14(16-9-5-11(18)6-9)12-7-10(17(19)20)2-3-13(12)15-8/h2-4,7,9,11,18H,5-6H2,1H3,(H,15,16). The number of aliphatic hydroxyl groups excluding tert-OH is 1. The molecule has 6 heteroatoms. The SMILES string of the molecule is Cc1cc(NC2CC(O)C2)c2cc([N+](=O)[O-])ccc2n1. The summed E-state index contributed by atoms with van der Waals surface area (Å²) in [7, 11) is 0. The summed E-state index contributed by atoms with van der Waals surface area (Å²) in [6, 6.07) is 6.78. The highest BCUT2D eigenvalue weighted by Crippen LogP contribution is 2.31. The third kappa shape index (κ3) is 2.30. The number of benzene rings is 1. The molecule has 2 N–H and O–H groups in total. The highest BCUT2D eigenvalue weighted by molar-refractivity contribution is 5.93. The Hall–Kier alpha value is -2.21. The van der Waals surface area contributed by atoms with Gasteiger partial charge in [-0.15, -0.1) is 0 Å². The van der Waals surface area contributed by atoms with Crippen molar-refractivity contribution in [2.24, 2.45) is 0 Å². The molecular formula is C14H15N3O3. The van der Waals surface area contributed by atoms with Crippen LogP contribution in [0.2, 0.25) is 0 Å². The van der Waals surface area contributed by atoms with Crippen LogP contribution in [-0.4, -0.2) is 27.2 Å². The number of aromatic nitrogens is 1. The van der Waals surface area contributed by atoms with Crippen molar-refractivity contribution in [3.05, 3.63) is 40.1 Å². The maximum absolute atomic E-state index is 10.9. The molecule has 1 aromatic heterocycles. The predicted octanol–water partition coefficient (Wildman–Crippen LogP) is 2.39. The summed E-state index contributed by atoms with van der Waals surface area (Å²) < 4.78 is 0. The first-order chi connectivity index (χ1) is 9.52. The van der Waals surface area contributed by atoms with E-state index in [9.17, 15) is 15.2 Å². The van der Waals surface area contributed by atoms with Gasteiger partial charge in [0.25, 0.3) is 5.69 Å². The van der Waals surface area contributed by atoms with Crippen molar-refractivity contribution in [1.29, 1.82) is 0 Å². The molecule has 1 aliphatic carbocycles. The van der Waals surface area contributed by atoms with Crippen molar-refractivity contribution in [2.75, 3.05) is 5.32 Å². The molecule has 20 heavy (non-hydrogen) atoms. The third-order valence-corrected chi connectivity index (χ3v) is 3.60. The van der Waals surface area contributed by atoms with E-state index in [1.165, 1.54) is 6.07 Å². The Labute approximate surface area is 115 Å². The van der Waals surface area contributed by atoms with E-state index in [4.69, 9.17) is 0 Å². The maximum atomic E-state index is 10.9. The van der Waals surface area contributed by atoms with E-state index in [2.05, 4.69) is 10.3 Å². The predicted molar refractivity (Wildman–Crippen MR) is 75.8 cm³/mol. The van der Waals surface area contributed by atoms with Crippen LogP contribution in [0.25, 0.3) is 10.9 Å². The molecule has 1 aromatic carbocycles. The number of hydrogen-bond acceptors (Lipinski definition) is 5. The topological polar surface area (TPSA) is 88.3 Å². The molecule has 104 valence electrons. The van der Waals surface area contributed by atoms with Gasteiger partial charge in [-0.2, -0.15) is 0 Å². The Morgan fingerprint density at radius 1 is 1.40 bits per heavy atom. The molecule has 6 nitrogen and oxygen atoms in total. The average molecular weight is 273 g/mol. The molecule has 0 saturated heterocycles. The lowest BCUT2D eigenvalue weighted by molar-refractivity contribution is -0.384. The van der Waals surface area contributed by atoms with Gasteiger partial charge in [-0.25, -0.2) is 0 Å². The van der Waals surface area contributed by atoms with Crippen molar-refractivity contribution in [1.82, 2.24) is 4.98 Å². The fourth-order valence-corrected chi connectivity index (χ4v) is 2.50. The highest BCUT2D eigenvalue weighted by atomic mass is 16.6. The molecule has 1 aliphatic rings. The van der Waals surface area contributed by atoms with Gasteiger partial charge in [0.15, 0.2) is 0 Å². The van der Waals surface area contributed by atoms with Gasteiger partial charge >= 0.3 is 0 Å². The molecule has 1 fully saturated rings. The van der Waals surface area contributed by atoms with Crippen LogP contribution in [0.5, 0.6) is 0 Å². The Bertz CT molecular complexity index is 681. The number of hydrogen-bond donors (Lipinski definition) is 2. The van der Waals surface area contributed by atoms with E-state index >= 15 is 0 Å². The fraction of sp³-hybridized carbons (Fsp3) is 0.357. The number of fused-ring (bicyclic) bond motifs is 1. The fourth-order valence-electron chi connectivity index (χ4n) is 2.50. The van der Waals surface area contributed by atoms with Crippen LogP contribution in [0.1, 0.15) is 18.5 Å². The summed E-state index contributed by atoms with van der Waals surface area (Å²) in [5.41, 5.74) is 2.49. The van der Waals surface area contributed by atoms with Crippen LogP contribution in [0.4, 0.5) is 11.4 Å². The van der Waals surface area contributed by atoms with Gasteiger partial charge < -0.3 is 10.4 Å². The highest BCUT2D eigenvalue weighted by Gasteiger charge is 2.27. The van der Waals surface area contributed by atoms with Gasteiger partial charge in [0, 0.05) is 34.9 Å². The number of nitrogens with zero attached hydrogens (tertiary/aromatic N) is 2. The van der Waals surface area contributed by atoms with Crippen LogP contribution in [-0.2, 0) is 0 Å². The van der Waals surface area contributed by atoms with Crippen molar-refractivity contribution in [3.63, 3.8) is 0 Å². The van der Waals surface area contributed by atoms with Crippen molar-refractivity contribution in [2.45, 2.75) is 31.9 Å². The van der Waals surface area contributed by atoms with Crippen LogP contribution in [0.15, 0.2) is 24.3 Å². The zero-order valence-corrected chi connectivity index (χ0v) is 11.0. The van der Waals surface area contributed by atoms with Crippen LogP contribution in [0, 0.1) is 17.0 Å². The number of nitro benzene ring substituents is 1. The summed E-state index contributed by atoms with van der Waals surface area (Å²) in [5, 5.41) is 24.3. The number of nitro groups is 1. The number of aliphatic hydroxyl groups is 1. The van der Waals surface area contributed by atoms with Gasteiger partial charge in [-0.1, -0.05) is 0 Å². The summed E-state index contributed by atoms with van der Waals surface area (Å²) in [5.74, 6) is 0. The quantitative estimate of drug-likeness (QED) is 0.662. The molecular weight excluding hydrogens is 258 g/mol. The summed E-state index contributed by atoms with van der Waals surface area (Å²) in [6.45, 7) is 1.89. The average Bonchev–Trinajstić information content (AvgIpc) is 2.36. The number of pyridine rings is 1. The van der Waals surface area contributed by atoms with Gasteiger partial charge in [0.1, 0.15) is 0 Å². The molecule has 1 heterocycles. The third-order valence-electron chi connectivity index (χ3n) is 3.60. The van der Waals surface area contributed by atoms with E-state index in [1.54, 1.807) is 12.1 Å². The van der Waals surface area contributed by atoms with E-state index in [1.807, 2.05) is 13.0 Å². The molecule has 0 atom stereocenters. The van der Waals surface area contributed by atoms with Gasteiger partial charge in [0.2, 0.25) is 0 Å². The number of anilines is 1. The largest absolute Gasteiger partial charge is 0.393 e. The first kappa shape index (κ1) is 12.8. The molecule has 0 amide bonds. The number of aryl methyl sites for hydroxylation is 1. The molecule has 0 unspecified atom stereocenters. The minimum Gasteiger partial charge on any atom is -0.393 e. The first-order valence-corrected chi connectivity index (χ1v) is 6.53. The molecule has 0 bridgehead atoms. The second kappa shape index (κ2) is 4.72. The Morgan fingerprint density at radius 3 is 2.80 bits per heavy atom. The van der Waals surface area contributed by atoms with Gasteiger partial charge in [-0.05, 0) is 31.9 Å². The maximum Gasteiger partial charge on any atom is 0.270 e. The zero-order valence-electron chi connectivity index (χ0n) is 11.0. The second-order valence-corrected chi connectivity index (χ2v) is 5.24. The summed E-state index contributed by atoms with van der Waals surface area (Å²) in [4.78, 5) is 14.9. The van der Waals surface area contributed by atoms with E-state index in [-0.39, 0.29) is 17.8 Å². The Morgan fingerprint density at radius 2 is 2.15 bits per heavy atom. The Balaban J connectivity index is 2.03. The number of nitrogens with one attached hydrogen (secondary N) is 1. The summed E-state index contributed by atoms with van der Waals surface area (Å²) >= 11 is 0. The molecule has 0 aliphatic heterocycles. The van der Waals surface area contributed by atoms with Crippen LogP contribution < -0.4 is 5.32 Å². The van der Waals surface area contributed by atoms with Crippen LogP contribution >= 0.6 is 0 Å². The van der Waals surface area contributed by atoms with E-state index in [0.717, 1.165) is 22.3 Å². The van der Waals surface area contributed by atoms with Crippen molar-refractivity contribution >= 4 is 22.3 Å².